The number of rotatable bonds is 5. The molecule has 1 aromatic rings. The monoisotopic (exact) mass is 290 g/mol. The Kier molecular flexibility index (Phi) is 5.66. The first-order chi connectivity index (χ1) is 10.1. The van der Waals surface area contributed by atoms with Crippen LogP contribution in [0.25, 0.3) is 0 Å². The van der Waals surface area contributed by atoms with Gasteiger partial charge >= 0.3 is 0 Å². The van der Waals surface area contributed by atoms with Crippen LogP contribution in [-0.4, -0.2) is 27.8 Å². The van der Waals surface area contributed by atoms with E-state index >= 15 is 0 Å². The van der Waals surface area contributed by atoms with Crippen LogP contribution in [0, 0.1) is 5.92 Å². The number of nitrogens with zero attached hydrogens (tertiary/aromatic N) is 2. The molecule has 1 aliphatic carbocycles. The molecule has 2 N–H and O–H groups in total. The zero-order valence-corrected chi connectivity index (χ0v) is 12.3. The lowest BCUT2D eigenvalue weighted by Gasteiger charge is -2.22. The molecule has 1 unspecified atom stereocenters. The maximum absolute atomic E-state index is 12.0. The summed E-state index contributed by atoms with van der Waals surface area (Å²) in [6.07, 6.45) is 10.9. The summed E-state index contributed by atoms with van der Waals surface area (Å²) < 4.78 is 0. The largest absolute Gasteiger partial charge is 0.345 e. The highest BCUT2D eigenvalue weighted by Gasteiger charge is 2.20. The Morgan fingerprint density at radius 3 is 2.71 bits per heavy atom. The van der Waals surface area contributed by atoms with E-state index in [2.05, 4.69) is 20.6 Å². The highest BCUT2D eigenvalue weighted by molar-refractivity contribution is 5.96. The van der Waals surface area contributed by atoms with Gasteiger partial charge in [-0.3, -0.25) is 14.6 Å². The topological polar surface area (TPSA) is 84.0 Å². The van der Waals surface area contributed by atoms with Gasteiger partial charge in [0.1, 0.15) is 6.04 Å². The van der Waals surface area contributed by atoms with E-state index in [9.17, 15) is 9.59 Å². The Hall–Kier alpha value is -1.98. The van der Waals surface area contributed by atoms with Gasteiger partial charge in [0.05, 0.1) is 6.20 Å². The fraction of sp³-hybridized carbons (Fsp3) is 0.600. The zero-order valence-electron chi connectivity index (χ0n) is 12.3. The summed E-state index contributed by atoms with van der Waals surface area (Å²) in [4.78, 5) is 31.7. The van der Waals surface area contributed by atoms with Crippen LogP contribution < -0.4 is 10.6 Å². The lowest BCUT2D eigenvalue weighted by atomic mass is 9.87. The number of hydrogen-bond acceptors (Lipinski definition) is 4. The molecule has 6 nitrogen and oxygen atoms in total. The van der Waals surface area contributed by atoms with E-state index in [-0.39, 0.29) is 11.8 Å². The van der Waals surface area contributed by atoms with Crippen molar-refractivity contribution in [1.29, 1.82) is 0 Å². The second-order valence-electron chi connectivity index (χ2n) is 5.58. The molecule has 0 aliphatic heterocycles. The Morgan fingerprint density at radius 2 is 2.05 bits per heavy atom. The van der Waals surface area contributed by atoms with Crippen molar-refractivity contribution in [1.82, 2.24) is 15.3 Å². The van der Waals surface area contributed by atoms with Crippen molar-refractivity contribution in [3.63, 3.8) is 0 Å². The third-order valence-corrected chi connectivity index (χ3v) is 3.78. The maximum atomic E-state index is 12.0. The second-order valence-corrected chi connectivity index (χ2v) is 5.58. The fourth-order valence-corrected chi connectivity index (χ4v) is 2.62. The van der Waals surface area contributed by atoms with Gasteiger partial charge in [-0.2, -0.15) is 0 Å². The van der Waals surface area contributed by atoms with E-state index < -0.39 is 6.04 Å². The number of carbonyl (C=O) groups excluding carboxylic acids is 2. The molecule has 0 aromatic carbocycles. The molecule has 2 amide bonds. The fourth-order valence-electron chi connectivity index (χ4n) is 2.62. The van der Waals surface area contributed by atoms with Crippen LogP contribution in [0.2, 0.25) is 0 Å². The van der Waals surface area contributed by atoms with Crippen LogP contribution in [0.1, 0.15) is 45.4 Å². The maximum Gasteiger partial charge on any atom is 0.247 e. The van der Waals surface area contributed by atoms with Crippen molar-refractivity contribution in [2.75, 3.05) is 5.32 Å². The van der Waals surface area contributed by atoms with Crippen molar-refractivity contribution < 1.29 is 9.59 Å². The summed E-state index contributed by atoms with van der Waals surface area (Å²) in [6.45, 7) is 1.67. The quantitative estimate of drug-likeness (QED) is 0.867. The van der Waals surface area contributed by atoms with Crippen molar-refractivity contribution in [2.45, 2.75) is 51.5 Å². The molecule has 1 aliphatic rings. The molecule has 21 heavy (non-hydrogen) atoms. The van der Waals surface area contributed by atoms with Crippen molar-refractivity contribution >= 4 is 17.6 Å². The van der Waals surface area contributed by atoms with Gasteiger partial charge in [0, 0.05) is 18.8 Å². The Bertz CT molecular complexity index is 472. The summed E-state index contributed by atoms with van der Waals surface area (Å²) in [5.41, 5.74) is 0. The van der Waals surface area contributed by atoms with Gasteiger partial charge in [0.25, 0.3) is 0 Å². The van der Waals surface area contributed by atoms with Crippen LogP contribution in [0.4, 0.5) is 5.82 Å². The minimum atomic E-state index is -0.580. The first-order valence-corrected chi connectivity index (χ1v) is 7.51. The number of aromatic nitrogens is 2. The molecule has 0 saturated heterocycles. The van der Waals surface area contributed by atoms with Gasteiger partial charge in [0.15, 0.2) is 5.82 Å². The van der Waals surface area contributed by atoms with Crippen LogP contribution >= 0.6 is 0 Å². The van der Waals surface area contributed by atoms with E-state index in [0.29, 0.717) is 18.2 Å². The summed E-state index contributed by atoms with van der Waals surface area (Å²) in [7, 11) is 0. The predicted molar refractivity (Wildman–Crippen MR) is 79.5 cm³/mol. The average Bonchev–Trinajstić information content (AvgIpc) is 2.49. The second kappa shape index (κ2) is 7.71. The summed E-state index contributed by atoms with van der Waals surface area (Å²) in [6, 6.07) is -0.580. The lowest BCUT2D eigenvalue weighted by molar-refractivity contribution is -0.127. The van der Waals surface area contributed by atoms with Crippen molar-refractivity contribution in [2.24, 2.45) is 5.92 Å². The minimum absolute atomic E-state index is 0.0521. The number of amides is 2. The molecule has 114 valence electrons. The van der Waals surface area contributed by atoms with Gasteiger partial charge < -0.3 is 10.6 Å². The molecule has 1 fully saturated rings. The molecule has 2 rings (SSSR count). The molecule has 0 radical (unpaired) electrons. The smallest absolute Gasteiger partial charge is 0.247 e. The SMILES string of the molecule is CC(NC(=O)CC1CCCCC1)C(=O)Nc1cnccn1. The molecule has 0 spiro atoms. The highest BCUT2D eigenvalue weighted by Crippen LogP contribution is 2.26. The van der Waals surface area contributed by atoms with Gasteiger partial charge in [-0.15, -0.1) is 0 Å². The zero-order chi connectivity index (χ0) is 15.1. The van der Waals surface area contributed by atoms with E-state index in [1.807, 2.05) is 0 Å². The molecule has 1 atom stereocenters. The van der Waals surface area contributed by atoms with Gasteiger partial charge in [0.2, 0.25) is 11.8 Å². The van der Waals surface area contributed by atoms with Gasteiger partial charge in [-0.25, -0.2) is 4.98 Å². The number of hydrogen-bond donors (Lipinski definition) is 2. The summed E-state index contributed by atoms with van der Waals surface area (Å²) >= 11 is 0. The van der Waals surface area contributed by atoms with Crippen molar-refractivity contribution in [3.8, 4) is 0 Å². The van der Waals surface area contributed by atoms with Gasteiger partial charge in [-0.05, 0) is 25.7 Å². The predicted octanol–water partition coefficient (Wildman–Crippen LogP) is 1.89. The third-order valence-electron chi connectivity index (χ3n) is 3.78. The third kappa shape index (κ3) is 5.13. The normalized spacial score (nSPS) is 17.0. The Labute approximate surface area is 124 Å². The van der Waals surface area contributed by atoms with E-state index in [4.69, 9.17) is 0 Å². The van der Waals surface area contributed by atoms with Gasteiger partial charge in [-0.1, -0.05) is 19.3 Å². The molecule has 1 aromatic heterocycles. The van der Waals surface area contributed by atoms with Crippen LogP contribution in [0.15, 0.2) is 18.6 Å². The van der Waals surface area contributed by atoms with Crippen LogP contribution in [0.3, 0.4) is 0 Å². The lowest BCUT2D eigenvalue weighted by Crippen LogP contribution is -2.42. The molecule has 1 saturated carbocycles. The summed E-state index contributed by atoms with van der Waals surface area (Å²) in [5, 5.41) is 5.37. The molecule has 1 heterocycles. The summed E-state index contributed by atoms with van der Waals surface area (Å²) in [5.74, 6) is 0.515. The standard InChI is InChI=1S/C15H22N4O2/c1-11(15(21)19-13-10-16-7-8-17-13)18-14(20)9-12-5-3-2-4-6-12/h7-8,10-12H,2-6,9H2,1H3,(H,18,20)(H,17,19,21). The minimum Gasteiger partial charge on any atom is -0.345 e. The first kappa shape index (κ1) is 15.4. The number of carbonyl (C=O) groups is 2. The molecular formula is C15H22N4O2. The van der Waals surface area contributed by atoms with Crippen LogP contribution in [-0.2, 0) is 9.59 Å². The van der Waals surface area contributed by atoms with E-state index in [1.165, 1.54) is 37.9 Å². The van der Waals surface area contributed by atoms with Crippen LogP contribution in [0.5, 0.6) is 0 Å². The molecule has 6 heteroatoms. The Morgan fingerprint density at radius 1 is 1.29 bits per heavy atom. The number of anilines is 1. The van der Waals surface area contributed by atoms with Crippen molar-refractivity contribution in [3.05, 3.63) is 18.6 Å². The number of nitrogens with one attached hydrogen (secondary N) is 2. The first-order valence-electron chi connectivity index (χ1n) is 7.51. The van der Waals surface area contributed by atoms with E-state index in [1.54, 1.807) is 6.92 Å². The Balaban J connectivity index is 1.75. The highest BCUT2D eigenvalue weighted by atomic mass is 16.2. The molecular weight excluding hydrogens is 268 g/mol. The van der Waals surface area contributed by atoms with E-state index in [0.717, 1.165) is 12.8 Å². The molecule has 0 bridgehead atoms. The average molecular weight is 290 g/mol.